The summed E-state index contributed by atoms with van der Waals surface area (Å²) >= 11 is 0. The first-order valence-corrected chi connectivity index (χ1v) is 11.5. The van der Waals surface area contributed by atoms with Gasteiger partial charge in [-0.05, 0) is 45.7 Å². The van der Waals surface area contributed by atoms with Crippen molar-refractivity contribution in [2.45, 2.75) is 45.3 Å². The lowest BCUT2D eigenvalue weighted by atomic mass is 9.62. The average Bonchev–Trinajstić information content (AvgIpc) is 3.22. The Kier molecular flexibility index (Phi) is 5.55. The summed E-state index contributed by atoms with van der Waals surface area (Å²) in [4.78, 5) is 26.5. The van der Waals surface area contributed by atoms with Crippen LogP contribution < -0.4 is 10.1 Å². The van der Waals surface area contributed by atoms with Crippen LogP contribution in [0, 0.1) is 16.7 Å². The lowest BCUT2D eigenvalue weighted by molar-refractivity contribution is -0.116. The third-order valence-electron chi connectivity index (χ3n) is 6.05. The van der Waals surface area contributed by atoms with E-state index in [4.69, 9.17) is 14.7 Å². The van der Waals surface area contributed by atoms with E-state index in [1.165, 1.54) is 12.4 Å². The van der Waals surface area contributed by atoms with E-state index < -0.39 is 5.60 Å². The van der Waals surface area contributed by atoms with Crippen LogP contribution in [0.5, 0.6) is 5.75 Å². The van der Waals surface area contributed by atoms with Crippen molar-refractivity contribution < 1.29 is 14.3 Å². The van der Waals surface area contributed by atoms with Crippen molar-refractivity contribution in [2.24, 2.45) is 5.41 Å². The number of carbonyl (C=O) groups is 1. The quantitative estimate of drug-likeness (QED) is 0.589. The summed E-state index contributed by atoms with van der Waals surface area (Å²) in [6.45, 7) is 7.11. The van der Waals surface area contributed by atoms with Crippen molar-refractivity contribution in [1.29, 1.82) is 5.26 Å². The number of carbonyl (C=O) groups excluding carboxylic acids is 1. The van der Waals surface area contributed by atoms with Gasteiger partial charge in [-0.15, -0.1) is 0 Å². The number of amides is 1. The molecule has 1 amide bonds. The van der Waals surface area contributed by atoms with Gasteiger partial charge in [-0.25, -0.2) is 19.7 Å². The molecule has 1 aliphatic carbocycles. The van der Waals surface area contributed by atoms with E-state index in [1.54, 1.807) is 11.2 Å². The second-order valence-electron chi connectivity index (χ2n) is 10.2. The summed E-state index contributed by atoms with van der Waals surface area (Å²) in [5.41, 5.74) is 0.869. The zero-order chi connectivity index (χ0) is 24.6. The summed E-state index contributed by atoms with van der Waals surface area (Å²) in [5.74, 6) is 1.91. The molecular weight excluding hydrogens is 446 g/mol. The van der Waals surface area contributed by atoms with Gasteiger partial charge in [-0.1, -0.05) is 6.07 Å². The third kappa shape index (κ3) is 5.04. The first kappa shape index (κ1) is 22.7. The SMILES string of the molecule is CC(C)(C)OC(=O)N1CC2(CC(Oc3cccc(-n4cnc(Nc5cnc(C#N)cn5)c4)c3)C2)C1. The first-order valence-electron chi connectivity index (χ1n) is 11.5. The van der Waals surface area contributed by atoms with E-state index >= 15 is 0 Å². The number of nitrogens with zero attached hydrogens (tertiary/aromatic N) is 6. The number of rotatable bonds is 5. The van der Waals surface area contributed by atoms with Crippen molar-refractivity contribution >= 4 is 17.7 Å². The van der Waals surface area contributed by atoms with Gasteiger partial charge in [-0.3, -0.25) is 0 Å². The fraction of sp³-hybridized carbons (Fsp3) is 0.400. The Bertz CT molecular complexity index is 1260. The van der Waals surface area contributed by atoms with E-state index in [-0.39, 0.29) is 23.3 Å². The molecule has 35 heavy (non-hydrogen) atoms. The van der Waals surface area contributed by atoms with Gasteiger partial charge in [0.1, 0.15) is 41.5 Å². The maximum absolute atomic E-state index is 12.2. The Morgan fingerprint density at radius 2 is 1.97 bits per heavy atom. The average molecular weight is 474 g/mol. The van der Waals surface area contributed by atoms with Gasteiger partial charge in [0.2, 0.25) is 0 Å². The Morgan fingerprint density at radius 3 is 2.66 bits per heavy atom. The maximum atomic E-state index is 12.2. The van der Waals surface area contributed by atoms with Crippen LogP contribution in [-0.2, 0) is 4.74 Å². The highest BCUT2D eigenvalue weighted by Gasteiger charge is 2.55. The molecular formula is C25H27N7O3. The third-order valence-corrected chi connectivity index (χ3v) is 6.05. The topological polar surface area (TPSA) is 118 Å². The number of hydrogen-bond acceptors (Lipinski definition) is 8. The van der Waals surface area contributed by atoms with Gasteiger partial charge < -0.3 is 24.3 Å². The highest BCUT2D eigenvalue weighted by Crippen LogP contribution is 2.50. The van der Waals surface area contributed by atoms with Gasteiger partial charge >= 0.3 is 6.09 Å². The molecule has 2 fully saturated rings. The lowest BCUT2D eigenvalue weighted by Crippen LogP contribution is -2.66. The van der Waals surface area contributed by atoms with E-state index in [1.807, 2.05) is 61.9 Å². The predicted molar refractivity (Wildman–Crippen MR) is 127 cm³/mol. The molecule has 2 aliphatic rings. The number of nitrogens with one attached hydrogen (secondary N) is 1. The zero-order valence-electron chi connectivity index (χ0n) is 19.9. The van der Waals surface area contributed by atoms with Crippen molar-refractivity contribution in [3.05, 3.63) is 54.9 Å². The number of nitriles is 1. The molecule has 3 heterocycles. The number of imidazole rings is 1. The minimum absolute atomic E-state index is 0.140. The predicted octanol–water partition coefficient (Wildman–Crippen LogP) is 4.06. The molecule has 1 aliphatic heterocycles. The Balaban J connectivity index is 1.14. The van der Waals surface area contributed by atoms with Crippen LogP contribution in [0.3, 0.4) is 0 Å². The molecule has 10 heteroatoms. The Labute approximate surface area is 203 Å². The maximum Gasteiger partial charge on any atom is 0.410 e. The van der Waals surface area contributed by atoms with Crippen LogP contribution in [0.2, 0.25) is 0 Å². The van der Waals surface area contributed by atoms with Gasteiger partial charge in [0.15, 0.2) is 5.69 Å². The van der Waals surface area contributed by atoms with Crippen LogP contribution in [-0.4, -0.2) is 55.3 Å². The van der Waals surface area contributed by atoms with Crippen molar-refractivity contribution in [1.82, 2.24) is 24.4 Å². The monoisotopic (exact) mass is 473 g/mol. The summed E-state index contributed by atoms with van der Waals surface area (Å²) in [6.07, 6.45) is 8.22. The lowest BCUT2D eigenvalue weighted by Gasteiger charge is -2.58. The molecule has 1 spiro atoms. The molecule has 1 saturated carbocycles. The molecule has 1 saturated heterocycles. The second-order valence-corrected chi connectivity index (χ2v) is 10.2. The van der Waals surface area contributed by atoms with Crippen LogP contribution >= 0.6 is 0 Å². The largest absolute Gasteiger partial charge is 0.490 e. The highest BCUT2D eigenvalue weighted by molar-refractivity contribution is 5.69. The van der Waals surface area contributed by atoms with E-state index in [9.17, 15) is 4.79 Å². The first-order chi connectivity index (χ1) is 16.7. The minimum Gasteiger partial charge on any atom is -0.490 e. The Hall–Kier alpha value is -4.13. The Morgan fingerprint density at radius 1 is 1.17 bits per heavy atom. The number of anilines is 2. The molecule has 5 rings (SSSR count). The zero-order valence-corrected chi connectivity index (χ0v) is 19.9. The normalized spacial score (nSPS) is 16.7. The molecule has 3 aromatic rings. The number of likely N-dealkylation sites (tertiary alicyclic amines) is 1. The van der Waals surface area contributed by atoms with Crippen LogP contribution in [0.1, 0.15) is 39.3 Å². The van der Waals surface area contributed by atoms with Gasteiger partial charge in [0.25, 0.3) is 0 Å². The van der Waals surface area contributed by atoms with E-state index in [0.29, 0.717) is 11.6 Å². The van der Waals surface area contributed by atoms with Gasteiger partial charge in [-0.2, -0.15) is 5.26 Å². The molecule has 0 atom stereocenters. The summed E-state index contributed by atoms with van der Waals surface area (Å²) in [6, 6.07) is 9.80. The second kappa shape index (κ2) is 8.58. The van der Waals surface area contributed by atoms with Crippen molar-refractivity contribution in [3.8, 4) is 17.5 Å². The van der Waals surface area contributed by atoms with Gasteiger partial charge in [0.05, 0.1) is 24.3 Å². The van der Waals surface area contributed by atoms with E-state index in [0.717, 1.165) is 37.4 Å². The van der Waals surface area contributed by atoms with E-state index in [2.05, 4.69) is 20.3 Å². The molecule has 0 unspecified atom stereocenters. The number of ether oxygens (including phenoxy) is 2. The van der Waals surface area contributed by atoms with Crippen LogP contribution in [0.25, 0.3) is 5.69 Å². The highest BCUT2D eigenvalue weighted by atomic mass is 16.6. The van der Waals surface area contributed by atoms with Crippen molar-refractivity contribution in [2.75, 3.05) is 18.4 Å². The minimum atomic E-state index is -0.472. The van der Waals surface area contributed by atoms with Crippen LogP contribution in [0.15, 0.2) is 49.2 Å². The summed E-state index contributed by atoms with van der Waals surface area (Å²) < 4.78 is 13.6. The molecule has 0 bridgehead atoms. The molecule has 1 N–H and O–H groups in total. The van der Waals surface area contributed by atoms with Crippen molar-refractivity contribution in [3.63, 3.8) is 0 Å². The smallest absolute Gasteiger partial charge is 0.410 e. The summed E-state index contributed by atoms with van der Waals surface area (Å²) in [5, 5.41) is 11.9. The fourth-order valence-electron chi connectivity index (χ4n) is 4.49. The molecule has 1 aromatic carbocycles. The number of benzene rings is 1. The molecule has 10 nitrogen and oxygen atoms in total. The standard InChI is InChI=1S/C25H27N7O3/c1-24(2,3)35-23(33)32-14-25(15-32)8-20(9-25)34-19-6-4-5-18(7-19)31-13-22(29-16-31)30-21-12-27-17(10-26)11-28-21/h4-7,11-13,16,20H,8-9,14-15H2,1-3H3,(H,28,30). The van der Waals surface area contributed by atoms with Crippen LogP contribution in [0.4, 0.5) is 16.4 Å². The van der Waals surface area contributed by atoms with Gasteiger partial charge in [0, 0.05) is 24.6 Å². The number of aromatic nitrogens is 4. The molecule has 2 aromatic heterocycles. The molecule has 180 valence electrons. The molecule has 0 radical (unpaired) electrons. The number of hydrogen-bond donors (Lipinski definition) is 1. The summed E-state index contributed by atoms with van der Waals surface area (Å²) in [7, 11) is 0. The fourth-order valence-corrected chi connectivity index (χ4v) is 4.49.